The topological polar surface area (TPSA) is 26.3 Å². The van der Waals surface area contributed by atoms with Crippen molar-refractivity contribution in [2.24, 2.45) is 0 Å². The highest BCUT2D eigenvalue weighted by Crippen LogP contribution is 2.40. The molecule has 0 aliphatic carbocycles. The van der Waals surface area contributed by atoms with Crippen molar-refractivity contribution in [1.29, 1.82) is 0 Å². The van der Waals surface area contributed by atoms with E-state index >= 15 is 0 Å². The van der Waals surface area contributed by atoms with E-state index in [0.29, 0.717) is 0 Å². The Bertz CT molecular complexity index is 1710. The fourth-order valence-corrected chi connectivity index (χ4v) is 4.15. The van der Waals surface area contributed by atoms with Crippen LogP contribution in [0.15, 0.2) is 45.2 Å². The summed E-state index contributed by atoms with van der Waals surface area (Å²) in [5.74, 6) is -14.6. The number of furan rings is 2. The summed E-state index contributed by atoms with van der Waals surface area (Å²) in [5.41, 5.74) is -0.0788. The predicted molar refractivity (Wildman–Crippen MR) is 106 cm³/mol. The third-order valence-corrected chi connectivity index (χ3v) is 5.71. The molecule has 2 nitrogen and oxygen atoms in total. The van der Waals surface area contributed by atoms with E-state index in [1.165, 1.54) is 12.1 Å². The average Bonchev–Trinajstić information content (AvgIpc) is 3.46. The zero-order valence-electron chi connectivity index (χ0n) is 16.3. The normalized spacial score (nSPS) is 12.1. The number of rotatable bonds is 1. The van der Waals surface area contributed by atoms with Gasteiger partial charge in [-0.05, 0) is 36.4 Å². The van der Waals surface area contributed by atoms with Crippen LogP contribution in [-0.4, -0.2) is 0 Å². The lowest BCUT2D eigenvalue weighted by Gasteiger charge is -2.05. The molecule has 0 amide bonds. The molecule has 0 N–H and O–H groups in total. The zero-order chi connectivity index (χ0) is 24.0. The molecule has 170 valence electrons. The largest absolute Gasteiger partial charge is 0.453 e. The van der Waals surface area contributed by atoms with Gasteiger partial charge in [0.1, 0.15) is 11.2 Å². The van der Waals surface area contributed by atoms with Gasteiger partial charge in [0.05, 0.1) is 0 Å². The molecule has 34 heavy (non-hydrogen) atoms. The van der Waals surface area contributed by atoms with Gasteiger partial charge in [-0.15, -0.1) is 0 Å². The maximum atomic E-state index is 14.5. The molecule has 4 aromatic carbocycles. The first kappa shape index (κ1) is 20.5. The van der Waals surface area contributed by atoms with Crippen LogP contribution in [0.5, 0.6) is 0 Å². The van der Waals surface area contributed by atoms with Crippen LogP contribution < -0.4 is 0 Å². The first-order valence-electron chi connectivity index (χ1n) is 9.55. The van der Waals surface area contributed by atoms with Gasteiger partial charge in [-0.25, -0.2) is 35.1 Å². The van der Waals surface area contributed by atoms with Crippen LogP contribution in [0.1, 0.15) is 0 Å². The van der Waals surface area contributed by atoms with Gasteiger partial charge in [-0.1, -0.05) is 0 Å². The molecule has 0 fully saturated rings. The molecule has 0 bridgehead atoms. The second-order valence-electron chi connectivity index (χ2n) is 7.53. The van der Waals surface area contributed by atoms with Crippen LogP contribution in [0.4, 0.5) is 35.1 Å². The summed E-state index contributed by atoms with van der Waals surface area (Å²) in [7, 11) is 0. The van der Waals surface area contributed by atoms with Gasteiger partial charge in [0, 0.05) is 32.3 Å². The van der Waals surface area contributed by atoms with E-state index in [-0.39, 0.29) is 33.5 Å². The van der Waals surface area contributed by atoms with Crippen molar-refractivity contribution >= 4 is 43.5 Å². The minimum atomic E-state index is -2.00. The number of fused-ring (bicyclic) bond motifs is 6. The molecule has 0 saturated heterocycles. The lowest BCUT2D eigenvalue weighted by atomic mass is 10.0. The standard InChI is InChI=1S/C24H6F8O2/c25-17-7-1-3-11-9(15(7)19(27)23(31)21(17)29)5-13(33-11)14-6-10-12(34-14)4-2-8-16(10)20(28)24(32)22(30)18(8)26/h1-6H. The first-order valence-corrected chi connectivity index (χ1v) is 9.55. The Labute approximate surface area is 182 Å². The van der Waals surface area contributed by atoms with Crippen LogP contribution in [0.25, 0.3) is 55.0 Å². The quantitative estimate of drug-likeness (QED) is 0.135. The number of hydrogen-bond acceptors (Lipinski definition) is 2. The maximum absolute atomic E-state index is 14.5. The molecular weight excluding hydrogens is 472 g/mol. The van der Waals surface area contributed by atoms with Crippen molar-refractivity contribution < 1.29 is 44.0 Å². The zero-order valence-corrected chi connectivity index (χ0v) is 16.3. The summed E-state index contributed by atoms with van der Waals surface area (Å²) in [6.07, 6.45) is 0. The second kappa shape index (κ2) is 6.72. The van der Waals surface area contributed by atoms with Crippen LogP contribution in [0, 0.1) is 46.5 Å². The van der Waals surface area contributed by atoms with E-state index in [1.807, 2.05) is 0 Å². The van der Waals surface area contributed by atoms with Crippen LogP contribution in [0.3, 0.4) is 0 Å². The van der Waals surface area contributed by atoms with Crippen LogP contribution in [0.2, 0.25) is 0 Å². The van der Waals surface area contributed by atoms with Gasteiger partial charge in [0.25, 0.3) is 0 Å². The van der Waals surface area contributed by atoms with Gasteiger partial charge in [0.2, 0.25) is 0 Å². The highest BCUT2D eigenvalue weighted by atomic mass is 19.2. The average molecular weight is 478 g/mol. The van der Waals surface area contributed by atoms with E-state index in [1.54, 1.807) is 0 Å². The molecule has 0 spiro atoms. The Morgan fingerprint density at radius 1 is 0.382 bits per heavy atom. The Kier molecular flexibility index (Phi) is 4.06. The van der Waals surface area contributed by atoms with Gasteiger partial charge in [-0.3, -0.25) is 0 Å². The van der Waals surface area contributed by atoms with Crippen molar-refractivity contribution in [2.45, 2.75) is 0 Å². The second-order valence-corrected chi connectivity index (χ2v) is 7.53. The third kappa shape index (κ3) is 2.50. The fourth-order valence-electron chi connectivity index (χ4n) is 4.15. The molecular formula is C24H6F8O2. The fraction of sp³-hybridized carbons (Fsp3) is 0. The smallest absolute Gasteiger partial charge is 0.198 e. The molecule has 2 heterocycles. The number of halogens is 8. The molecule has 0 unspecified atom stereocenters. The molecule has 0 aliphatic heterocycles. The summed E-state index contributed by atoms with van der Waals surface area (Å²) in [6, 6.07) is 6.74. The predicted octanol–water partition coefficient (Wildman–Crippen LogP) is 8.27. The molecule has 0 aliphatic rings. The summed E-state index contributed by atoms with van der Waals surface area (Å²) in [4.78, 5) is 0. The van der Waals surface area contributed by atoms with Gasteiger partial charge in [-0.2, -0.15) is 0 Å². The highest BCUT2D eigenvalue weighted by Gasteiger charge is 2.26. The van der Waals surface area contributed by atoms with Crippen molar-refractivity contribution in [1.82, 2.24) is 0 Å². The van der Waals surface area contributed by atoms with E-state index in [2.05, 4.69) is 0 Å². The summed E-state index contributed by atoms with van der Waals surface area (Å²) >= 11 is 0. The molecule has 6 rings (SSSR count). The van der Waals surface area contributed by atoms with Crippen LogP contribution in [-0.2, 0) is 0 Å². The Morgan fingerprint density at radius 2 is 0.735 bits per heavy atom. The van der Waals surface area contributed by atoms with Gasteiger partial charge >= 0.3 is 0 Å². The summed E-state index contributed by atoms with van der Waals surface area (Å²) in [5, 5.41) is -2.42. The minimum absolute atomic E-state index is 0.0394. The van der Waals surface area contributed by atoms with Crippen molar-refractivity contribution in [3.05, 3.63) is 82.9 Å². The summed E-state index contributed by atoms with van der Waals surface area (Å²) < 4.78 is 123. The summed E-state index contributed by atoms with van der Waals surface area (Å²) in [6.45, 7) is 0. The maximum Gasteiger partial charge on any atom is 0.198 e. The van der Waals surface area contributed by atoms with Crippen molar-refractivity contribution in [2.75, 3.05) is 0 Å². The first-order chi connectivity index (χ1) is 16.2. The monoisotopic (exact) mass is 478 g/mol. The van der Waals surface area contributed by atoms with E-state index in [4.69, 9.17) is 8.83 Å². The number of benzene rings is 4. The molecule has 0 radical (unpaired) electrons. The van der Waals surface area contributed by atoms with Gasteiger partial charge < -0.3 is 8.83 Å². The Morgan fingerprint density at radius 3 is 1.12 bits per heavy atom. The Balaban J connectivity index is 1.64. The molecule has 2 aromatic heterocycles. The SMILES string of the molecule is Fc1c(F)c(F)c2c(ccc3oc(-c4cc5c(ccc6c(F)c(F)c(F)c(F)c65)o4)cc32)c1F. The number of hydrogen-bond donors (Lipinski definition) is 0. The van der Waals surface area contributed by atoms with E-state index < -0.39 is 68.1 Å². The van der Waals surface area contributed by atoms with Gasteiger partial charge in [0.15, 0.2) is 58.1 Å². The molecule has 0 saturated carbocycles. The minimum Gasteiger partial charge on any atom is -0.453 e. The van der Waals surface area contributed by atoms with E-state index in [9.17, 15) is 35.1 Å². The lowest BCUT2D eigenvalue weighted by Crippen LogP contribution is -1.98. The highest BCUT2D eigenvalue weighted by molar-refractivity contribution is 6.09. The lowest BCUT2D eigenvalue weighted by molar-refractivity contribution is 0.418. The third-order valence-electron chi connectivity index (χ3n) is 5.71. The Hall–Kier alpha value is -4.08. The molecule has 6 aromatic rings. The van der Waals surface area contributed by atoms with Crippen molar-refractivity contribution in [3.63, 3.8) is 0 Å². The molecule has 0 atom stereocenters. The van der Waals surface area contributed by atoms with Crippen LogP contribution >= 0.6 is 0 Å². The van der Waals surface area contributed by atoms with E-state index in [0.717, 1.165) is 24.3 Å². The van der Waals surface area contributed by atoms with Crippen molar-refractivity contribution in [3.8, 4) is 11.5 Å². The molecule has 10 heteroatoms.